The summed E-state index contributed by atoms with van der Waals surface area (Å²) in [5.74, 6) is 0.678. The Hall–Kier alpha value is -2.37. The van der Waals surface area contributed by atoms with Crippen LogP contribution < -0.4 is 9.47 Å². The van der Waals surface area contributed by atoms with Crippen LogP contribution in [0.25, 0.3) is 0 Å². The van der Waals surface area contributed by atoms with E-state index in [0.29, 0.717) is 57.1 Å². The molecule has 0 aliphatic carbocycles. The molecule has 3 aliphatic rings. The molecular weight excluding hydrogens is 462 g/mol. The summed E-state index contributed by atoms with van der Waals surface area (Å²) in [6.45, 7) is 3.22. The lowest BCUT2D eigenvalue weighted by atomic mass is 9.96. The Morgan fingerprint density at radius 2 is 1.50 bits per heavy atom. The SMILES string of the molecule is COc1ccc(S(=O)(=O)N2CCC(C(=O)N3CCN(C(=O)C4CCCO4)CC3)CC2)cc1OC. The lowest BCUT2D eigenvalue weighted by Gasteiger charge is -2.38. The Balaban J connectivity index is 1.30. The fourth-order valence-electron chi connectivity index (χ4n) is 4.85. The first-order chi connectivity index (χ1) is 16.3. The molecule has 0 radical (unpaired) electrons. The maximum Gasteiger partial charge on any atom is 0.251 e. The molecule has 0 bridgehead atoms. The third-order valence-corrected chi connectivity index (χ3v) is 8.80. The normalized spacial score (nSPS) is 22.6. The van der Waals surface area contributed by atoms with Gasteiger partial charge in [0.05, 0.1) is 19.1 Å². The fraction of sp³-hybridized carbons (Fsp3) is 0.652. The molecule has 34 heavy (non-hydrogen) atoms. The van der Waals surface area contributed by atoms with Crippen LogP contribution in [0.2, 0.25) is 0 Å². The van der Waals surface area contributed by atoms with Gasteiger partial charge in [-0.1, -0.05) is 0 Å². The summed E-state index contributed by atoms with van der Waals surface area (Å²) in [5, 5.41) is 0. The van der Waals surface area contributed by atoms with E-state index in [-0.39, 0.29) is 41.8 Å². The molecule has 3 fully saturated rings. The third kappa shape index (κ3) is 5.01. The molecule has 1 aromatic carbocycles. The number of hydrogen-bond donors (Lipinski definition) is 0. The van der Waals surface area contributed by atoms with Crippen molar-refractivity contribution in [2.45, 2.75) is 36.7 Å². The summed E-state index contributed by atoms with van der Waals surface area (Å²) in [5.41, 5.74) is 0. The van der Waals surface area contributed by atoms with E-state index in [2.05, 4.69) is 0 Å². The number of carbonyl (C=O) groups excluding carboxylic acids is 2. The Labute approximate surface area is 200 Å². The average molecular weight is 496 g/mol. The largest absolute Gasteiger partial charge is 0.493 e. The van der Waals surface area contributed by atoms with E-state index < -0.39 is 10.0 Å². The van der Waals surface area contributed by atoms with Crippen molar-refractivity contribution in [1.82, 2.24) is 14.1 Å². The summed E-state index contributed by atoms with van der Waals surface area (Å²) >= 11 is 0. The van der Waals surface area contributed by atoms with Crippen LogP contribution >= 0.6 is 0 Å². The number of piperazine rings is 1. The van der Waals surface area contributed by atoms with Crippen LogP contribution in [0, 0.1) is 5.92 Å². The molecule has 11 heteroatoms. The molecule has 1 unspecified atom stereocenters. The number of piperidine rings is 1. The van der Waals surface area contributed by atoms with Crippen molar-refractivity contribution in [3.05, 3.63) is 18.2 Å². The van der Waals surface area contributed by atoms with Crippen molar-refractivity contribution in [3.8, 4) is 11.5 Å². The second-order valence-electron chi connectivity index (χ2n) is 8.85. The second kappa shape index (κ2) is 10.5. The molecule has 0 spiro atoms. The number of sulfonamides is 1. The fourth-order valence-corrected chi connectivity index (χ4v) is 6.34. The number of ether oxygens (including phenoxy) is 3. The van der Waals surface area contributed by atoms with Gasteiger partial charge in [-0.15, -0.1) is 0 Å². The standard InChI is InChI=1S/C23H33N3O7S/c1-31-19-6-5-18(16-21(19)32-2)34(29,30)26-9-7-17(8-10-26)22(27)24-11-13-25(14-12-24)23(28)20-4-3-15-33-20/h5-6,16-17,20H,3-4,7-15H2,1-2H3. The van der Waals surface area contributed by atoms with Gasteiger partial charge in [0.25, 0.3) is 5.91 Å². The van der Waals surface area contributed by atoms with Crippen molar-refractivity contribution >= 4 is 21.8 Å². The monoisotopic (exact) mass is 495 g/mol. The van der Waals surface area contributed by atoms with E-state index >= 15 is 0 Å². The van der Waals surface area contributed by atoms with E-state index in [4.69, 9.17) is 14.2 Å². The van der Waals surface area contributed by atoms with Crippen LogP contribution in [0.4, 0.5) is 0 Å². The average Bonchev–Trinajstić information content (AvgIpc) is 3.42. The van der Waals surface area contributed by atoms with Crippen molar-refractivity contribution in [1.29, 1.82) is 0 Å². The Bertz CT molecular complexity index is 994. The van der Waals surface area contributed by atoms with Gasteiger partial charge in [-0.2, -0.15) is 4.31 Å². The van der Waals surface area contributed by atoms with E-state index in [1.807, 2.05) is 4.90 Å². The van der Waals surface area contributed by atoms with Crippen LogP contribution in [0.5, 0.6) is 11.5 Å². The maximum atomic E-state index is 13.1. The molecular formula is C23H33N3O7S. The molecule has 3 heterocycles. The highest BCUT2D eigenvalue weighted by molar-refractivity contribution is 7.89. The Morgan fingerprint density at radius 3 is 2.06 bits per heavy atom. The van der Waals surface area contributed by atoms with E-state index in [9.17, 15) is 18.0 Å². The zero-order chi connectivity index (χ0) is 24.3. The number of methoxy groups -OCH3 is 2. The first-order valence-electron chi connectivity index (χ1n) is 11.8. The van der Waals surface area contributed by atoms with Gasteiger partial charge in [0.15, 0.2) is 11.5 Å². The first-order valence-corrected chi connectivity index (χ1v) is 13.2. The molecule has 0 aromatic heterocycles. The zero-order valence-electron chi connectivity index (χ0n) is 19.8. The number of nitrogens with zero attached hydrogens (tertiary/aromatic N) is 3. The minimum Gasteiger partial charge on any atom is -0.493 e. The topological polar surface area (TPSA) is 106 Å². The molecule has 2 amide bonds. The number of carbonyl (C=O) groups is 2. The summed E-state index contributed by atoms with van der Waals surface area (Å²) in [6.07, 6.45) is 2.29. The van der Waals surface area contributed by atoms with Crippen LogP contribution in [0.1, 0.15) is 25.7 Å². The van der Waals surface area contributed by atoms with Crippen LogP contribution in [-0.2, 0) is 24.3 Å². The minimum absolute atomic E-state index is 0.0262. The lowest BCUT2D eigenvalue weighted by Crippen LogP contribution is -2.54. The third-order valence-electron chi connectivity index (χ3n) is 6.90. The second-order valence-corrected chi connectivity index (χ2v) is 10.8. The number of benzene rings is 1. The Morgan fingerprint density at radius 1 is 0.882 bits per heavy atom. The van der Waals surface area contributed by atoms with Crippen molar-refractivity contribution in [2.75, 3.05) is 60.1 Å². The minimum atomic E-state index is -3.70. The number of rotatable bonds is 6. The van der Waals surface area contributed by atoms with Gasteiger partial charge < -0.3 is 24.0 Å². The summed E-state index contributed by atoms with van der Waals surface area (Å²) in [6, 6.07) is 4.54. The van der Waals surface area contributed by atoms with Gasteiger partial charge in [-0.25, -0.2) is 8.42 Å². The zero-order valence-corrected chi connectivity index (χ0v) is 20.6. The molecule has 3 aliphatic heterocycles. The van der Waals surface area contributed by atoms with E-state index in [1.54, 1.807) is 11.0 Å². The van der Waals surface area contributed by atoms with Gasteiger partial charge >= 0.3 is 0 Å². The highest BCUT2D eigenvalue weighted by atomic mass is 32.2. The molecule has 3 saturated heterocycles. The van der Waals surface area contributed by atoms with Crippen LogP contribution in [-0.4, -0.2) is 101 Å². The summed E-state index contributed by atoms with van der Waals surface area (Å²) in [4.78, 5) is 29.3. The summed E-state index contributed by atoms with van der Waals surface area (Å²) < 4.78 is 43.6. The predicted octanol–water partition coefficient (Wildman–Crippen LogP) is 0.954. The molecule has 10 nitrogen and oxygen atoms in total. The summed E-state index contributed by atoms with van der Waals surface area (Å²) in [7, 11) is -0.744. The van der Waals surface area contributed by atoms with E-state index in [0.717, 1.165) is 12.8 Å². The molecule has 0 N–H and O–H groups in total. The molecule has 188 valence electrons. The number of hydrogen-bond acceptors (Lipinski definition) is 7. The van der Waals surface area contributed by atoms with Gasteiger partial charge in [-0.3, -0.25) is 9.59 Å². The van der Waals surface area contributed by atoms with Gasteiger partial charge in [0, 0.05) is 57.9 Å². The van der Waals surface area contributed by atoms with E-state index in [1.165, 1.54) is 30.7 Å². The van der Waals surface area contributed by atoms with Crippen molar-refractivity contribution in [3.63, 3.8) is 0 Å². The lowest BCUT2D eigenvalue weighted by molar-refractivity contribution is -0.147. The molecule has 4 rings (SSSR count). The van der Waals surface area contributed by atoms with Gasteiger partial charge in [-0.05, 0) is 37.8 Å². The first kappa shape index (κ1) is 24.7. The van der Waals surface area contributed by atoms with Gasteiger partial charge in [0.2, 0.25) is 15.9 Å². The van der Waals surface area contributed by atoms with Gasteiger partial charge in [0.1, 0.15) is 6.10 Å². The molecule has 0 saturated carbocycles. The van der Waals surface area contributed by atoms with Crippen LogP contribution in [0.3, 0.4) is 0 Å². The van der Waals surface area contributed by atoms with Crippen LogP contribution in [0.15, 0.2) is 23.1 Å². The predicted molar refractivity (Wildman–Crippen MR) is 123 cm³/mol. The highest BCUT2D eigenvalue weighted by Crippen LogP contribution is 2.32. The number of amides is 2. The molecule has 1 aromatic rings. The van der Waals surface area contributed by atoms with Crippen molar-refractivity contribution in [2.24, 2.45) is 5.92 Å². The smallest absolute Gasteiger partial charge is 0.251 e. The quantitative estimate of drug-likeness (QED) is 0.579. The molecule has 1 atom stereocenters. The Kier molecular flexibility index (Phi) is 7.63. The highest BCUT2D eigenvalue weighted by Gasteiger charge is 2.36. The van der Waals surface area contributed by atoms with Crippen molar-refractivity contribution < 1.29 is 32.2 Å². The maximum absolute atomic E-state index is 13.1.